The van der Waals surface area contributed by atoms with E-state index in [9.17, 15) is 18.0 Å². The Labute approximate surface area is 120 Å². The molecule has 2 N–H and O–H groups in total. The van der Waals surface area contributed by atoms with Crippen molar-refractivity contribution in [3.8, 4) is 0 Å². The molecule has 0 fully saturated rings. The fourth-order valence-electron chi connectivity index (χ4n) is 1.82. The van der Waals surface area contributed by atoms with Gasteiger partial charge in [0.05, 0.1) is 25.9 Å². The monoisotopic (exact) mass is 308 g/mol. The smallest absolute Gasteiger partial charge is 0.395 e. The van der Waals surface area contributed by atoms with Crippen molar-refractivity contribution in [3.63, 3.8) is 0 Å². The first-order valence-corrected chi connectivity index (χ1v) is 6.46. The highest BCUT2D eigenvalue weighted by molar-refractivity contribution is 5.91. The second kappa shape index (κ2) is 7.41. The van der Waals surface area contributed by atoms with E-state index in [-0.39, 0.29) is 12.6 Å². The van der Waals surface area contributed by atoms with Crippen LogP contribution in [0, 0.1) is 0 Å². The second-order valence-corrected chi connectivity index (χ2v) is 4.85. The minimum absolute atomic E-state index is 0.0130. The van der Waals surface area contributed by atoms with Gasteiger partial charge in [0.25, 0.3) is 0 Å². The van der Waals surface area contributed by atoms with E-state index in [1.54, 1.807) is 10.7 Å². The Morgan fingerprint density at radius 2 is 2.19 bits per heavy atom. The number of nitrogens with zero attached hydrogens (tertiary/aromatic N) is 3. The van der Waals surface area contributed by atoms with Crippen LogP contribution in [0.4, 0.5) is 19.0 Å². The van der Waals surface area contributed by atoms with Gasteiger partial charge < -0.3 is 10.4 Å². The maximum atomic E-state index is 12.4. The van der Waals surface area contributed by atoms with Crippen LogP contribution in [-0.2, 0) is 4.79 Å². The molecule has 0 aliphatic carbocycles. The quantitative estimate of drug-likeness (QED) is 0.795. The van der Waals surface area contributed by atoms with Crippen LogP contribution in [0.3, 0.4) is 0 Å². The normalized spacial score (nSPS) is 12.2. The predicted molar refractivity (Wildman–Crippen MR) is 70.8 cm³/mol. The number of aliphatic hydroxyl groups excluding tert-OH is 1. The zero-order valence-electron chi connectivity index (χ0n) is 11.9. The first-order valence-electron chi connectivity index (χ1n) is 6.46. The van der Waals surface area contributed by atoms with Crippen LogP contribution in [-0.4, -0.2) is 58.1 Å². The minimum Gasteiger partial charge on any atom is -0.395 e. The number of rotatable bonds is 7. The number of aliphatic hydroxyl groups is 1. The molecular weight excluding hydrogens is 289 g/mol. The van der Waals surface area contributed by atoms with Crippen molar-refractivity contribution in [1.29, 1.82) is 0 Å². The molecule has 1 aromatic rings. The topological polar surface area (TPSA) is 70.4 Å². The third-order valence-electron chi connectivity index (χ3n) is 2.61. The van der Waals surface area contributed by atoms with Gasteiger partial charge in [-0.3, -0.25) is 9.69 Å². The molecule has 0 aromatic carbocycles. The number of amides is 1. The molecule has 0 bridgehead atoms. The van der Waals surface area contributed by atoms with Gasteiger partial charge in [-0.25, -0.2) is 4.68 Å². The van der Waals surface area contributed by atoms with E-state index >= 15 is 0 Å². The number of aromatic nitrogens is 2. The standard InChI is InChI=1S/C12H19F3N4O2/c1-9(2)19-10(3-4-16-19)17-11(21)7-18(5-6-20)8-12(13,14)15/h3-4,9,20H,5-8H2,1-2H3,(H,17,21). The molecule has 0 aliphatic heterocycles. The van der Waals surface area contributed by atoms with E-state index in [4.69, 9.17) is 5.11 Å². The summed E-state index contributed by atoms with van der Waals surface area (Å²) >= 11 is 0. The van der Waals surface area contributed by atoms with Gasteiger partial charge >= 0.3 is 6.18 Å². The summed E-state index contributed by atoms with van der Waals surface area (Å²) in [5.74, 6) is -0.166. The summed E-state index contributed by atoms with van der Waals surface area (Å²) < 4.78 is 38.6. The van der Waals surface area contributed by atoms with Crippen molar-refractivity contribution >= 4 is 11.7 Å². The van der Waals surface area contributed by atoms with Gasteiger partial charge in [0.15, 0.2) is 0 Å². The number of alkyl halides is 3. The lowest BCUT2D eigenvalue weighted by atomic mass is 10.4. The van der Waals surface area contributed by atoms with Crippen molar-refractivity contribution < 1.29 is 23.1 Å². The largest absolute Gasteiger partial charge is 0.401 e. The van der Waals surface area contributed by atoms with Gasteiger partial charge in [-0.05, 0) is 13.8 Å². The molecule has 0 saturated heterocycles. The van der Waals surface area contributed by atoms with Crippen molar-refractivity contribution in [2.45, 2.75) is 26.1 Å². The van der Waals surface area contributed by atoms with Gasteiger partial charge in [-0.2, -0.15) is 18.3 Å². The first kappa shape index (κ1) is 17.4. The SMILES string of the molecule is CC(C)n1nccc1NC(=O)CN(CCO)CC(F)(F)F. The lowest BCUT2D eigenvalue weighted by molar-refractivity contribution is -0.148. The zero-order chi connectivity index (χ0) is 16.0. The molecule has 120 valence electrons. The van der Waals surface area contributed by atoms with Crippen LogP contribution < -0.4 is 5.32 Å². The zero-order valence-corrected chi connectivity index (χ0v) is 11.9. The Bertz CT molecular complexity index is 460. The predicted octanol–water partition coefficient (Wildman–Crippen LogP) is 1.26. The van der Waals surface area contributed by atoms with E-state index in [0.717, 1.165) is 4.90 Å². The summed E-state index contributed by atoms with van der Waals surface area (Å²) in [6, 6.07) is 1.58. The van der Waals surface area contributed by atoms with Crippen LogP contribution in [0.15, 0.2) is 12.3 Å². The molecule has 1 rings (SSSR count). The summed E-state index contributed by atoms with van der Waals surface area (Å²) in [4.78, 5) is 12.7. The van der Waals surface area contributed by atoms with E-state index in [1.807, 2.05) is 13.8 Å². The Hall–Kier alpha value is -1.61. The van der Waals surface area contributed by atoms with E-state index in [0.29, 0.717) is 5.82 Å². The highest BCUT2D eigenvalue weighted by Crippen LogP contribution is 2.17. The summed E-state index contributed by atoms with van der Waals surface area (Å²) in [7, 11) is 0. The number of carbonyl (C=O) groups excluding carboxylic acids is 1. The lowest BCUT2D eigenvalue weighted by Gasteiger charge is -2.22. The Morgan fingerprint density at radius 1 is 1.52 bits per heavy atom. The average molecular weight is 308 g/mol. The number of halogens is 3. The van der Waals surface area contributed by atoms with Crippen molar-refractivity contribution in [1.82, 2.24) is 14.7 Å². The maximum absolute atomic E-state index is 12.4. The molecule has 6 nitrogen and oxygen atoms in total. The molecule has 1 aromatic heterocycles. The molecule has 21 heavy (non-hydrogen) atoms. The minimum atomic E-state index is -4.42. The van der Waals surface area contributed by atoms with Crippen LogP contribution in [0.5, 0.6) is 0 Å². The molecule has 0 spiro atoms. The molecule has 9 heteroatoms. The Balaban J connectivity index is 2.63. The Morgan fingerprint density at radius 3 is 2.71 bits per heavy atom. The Kier molecular flexibility index (Phi) is 6.16. The van der Waals surface area contributed by atoms with E-state index < -0.39 is 31.8 Å². The third-order valence-corrected chi connectivity index (χ3v) is 2.61. The third kappa shape index (κ3) is 6.13. The van der Waals surface area contributed by atoms with Gasteiger partial charge in [0, 0.05) is 18.7 Å². The number of carbonyl (C=O) groups is 1. The number of nitrogens with one attached hydrogen (secondary N) is 1. The summed E-state index contributed by atoms with van der Waals surface area (Å²) in [5.41, 5.74) is 0. The lowest BCUT2D eigenvalue weighted by Crippen LogP contribution is -2.41. The van der Waals surface area contributed by atoms with Gasteiger partial charge in [0.1, 0.15) is 5.82 Å². The summed E-state index contributed by atoms with van der Waals surface area (Å²) in [6.07, 6.45) is -2.92. The van der Waals surface area contributed by atoms with Crippen molar-refractivity contribution in [2.24, 2.45) is 0 Å². The van der Waals surface area contributed by atoms with Gasteiger partial charge in [0.2, 0.25) is 5.91 Å². The van der Waals surface area contributed by atoms with Crippen LogP contribution in [0.1, 0.15) is 19.9 Å². The molecule has 0 radical (unpaired) electrons. The van der Waals surface area contributed by atoms with E-state index in [2.05, 4.69) is 10.4 Å². The van der Waals surface area contributed by atoms with Crippen molar-refractivity contribution in [2.75, 3.05) is 31.6 Å². The number of anilines is 1. The highest BCUT2D eigenvalue weighted by atomic mass is 19.4. The summed E-state index contributed by atoms with van der Waals surface area (Å²) in [6.45, 7) is 1.35. The van der Waals surface area contributed by atoms with Crippen LogP contribution in [0.25, 0.3) is 0 Å². The van der Waals surface area contributed by atoms with Gasteiger partial charge in [-0.15, -0.1) is 0 Å². The molecule has 1 heterocycles. The highest BCUT2D eigenvalue weighted by Gasteiger charge is 2.31. The summed E-state index contributed by atoms with van der Waals surface area (Å²) in [5, 5.41) is 15.3. The molecule has 1 amide bonds. The van der Waals surface area contributed by atoms with Gasteiger partial charge in [-0.1, -0.05) is 0 Å². The first-order chi connectivity index (χ1) is 9.73. The van der Waals surface area contributed by atoms with Crippen LogP contribution >= 0.6 is 0 Å². The van der Waals surface area contributed by atoms with Crippen molar-refractivity contribution in [3.05, 3.63) is 12.3 Å². The molecule has 0 unspecified atom stereocenters. The van der Waals surface area contributed by atoms with E-state index in [1.165, 1.54) is 6.20 Å². The fourth-order valence-corrected chi connectivity index (χ4v) is 1.82. The number of hydrogen-bond donors (Lipinski definition) is 2. The molecule has 0 atom stereocenters. The fraction of sp³-hybridized carbons (Fsp3) is 0.667. The molecular formula is C12H19F3N4O2. The maximum Gasteiger partial charge on any atom is 0.401 e. The molecule has 0 aliphatic rings. The second-order valence-electron chi connectivity index (χ2n) is 4.85. The van der Waals surface area contributed by atoms with Crippen LogP contribution in [0.2, 0.25) is 0 Å². The average Bonchev–Trinajstić information content (AvgIpc) is 2.74. The number of hydrogen-bond acceptors (Lipinski definition) is 4. The molecule has 0 saturated carbocycles.